The highest BCUT2D eigenvalue weighted by molar-refractivity contribution is 7.99. The topological polar surface area (TPSA) is 125 Å². The molecule has 0 aliphatic heterocycles. The van der Waals surface area contributed by atoms with Crippen molar-refractivity contribution in [2.75, 3.05) is 16.8 Å². The molecule has 208 valence electrons. The van der Waals surface area contributed by atoms with Crippen molar-refractivity contribution >= 4 is 67.8 Å². The molecule has 39 heavy (non-hydrogen) atoms. The second-order valence-corrected chi connectivity index (χ2v) is 12.0. The molecule has 0 bridgehead atoms. The Morgan fingerprint density at radius 1 is 1.18 bits per heavy atom. The molecule has 2 aromatic carbocycles. The molecule has 0 aliphatic rings. The number of hydrogen-bond donors (Lipinski definition) is 3. The van der Waals surface area contributed by atoms with Gasteiger partial charge in [-0.3, -0.25) is 14.1 Å². The van der Waals surface area contributed by atoms with Crippen LogP contribution >= 0.6 is 34.7 Å². The van der Waals surface area contributed by atoms with Crippen LogP contribution in [-0.4, -0.2) is 42.5 Å². The standard InChI is InChI=1S/C24H21ClF3N3O5S3/c1-14-12-38-23(30-21(32)17-4-2-3-16(9-17)13-37-7-8-39(34,35)36)20(14)22(33)31-29-11-15-5-6-19(25)18(10-15)24(26,27)28/h2-6,9-12H,7-8,13H2,1H3,(H,30,32)(H,31,33)(H,34,35,36). The first kappa shape index (κ1) is 30.6. The first-order valence-corrected chi connectivity index (χ1v) is 15.0. The fourth-order valence-electron chi connectivity index (χ4n) is 3.21. The van der Waals surface area contributed by atoms with Crippen LogP contribution in [0.25, 0.3) is 0 Å². The summed E-state index contributed by atoms with van der Waals surface area (Å²) in [6, 6.07) is 9.83. The molecule has 8 nitrogen and oxygen atoms in total. The smallest absolute Gasteiger partial charge is 0.313 e. The Balaban J connectivity index is 1.66. The minimum absolute atomic E-state index is 0.0682. The number of amides is 2. The average molecular weight is 620 g/mol. The summed E-state index contributed by atoms with van der Waals surface area (Å²) in [6.45, 7) is 1.66. The molecule has 0 aliphatic carbocycles. The lowest BCUT2D eigenvalue weighted by atomic mass is 10.1. The van der Waals surface area contributed by atoms with Crippen molar-refractivity contribution in [3.05, 3.63) is 86.2 Å². The highest BCUT2D eigenvalue weighted by Gasteiger charge is 2.33. The summed E-state index contributed by atoms with van der Waals surface area (Å²) in [5.74, 6) is -0.932. The summed E-state index contributed by atoms with van der Waals surface area (Å²) in [5, 5.41) is 7.88. The molecule has 0 radical (unpaired) electrons. The van der Waals surface area contributed by atoms with E-state index in [1.165, 1.54) is 17.8 Å². The number of benzene rings is 2. The van der Waals surface area contributed by atoms with Crippen molar-refractivity contribution < 1.29 is 35.7 Å². The van der Waals surface area contributed by atoms with E-state index >= 15 is 0 Å². The van der Waals surface area contributed by atoms with Gasteiger partial charge in [-0.1, -0.05) is 29.8 Å². The van der Waals surface area contributed by atoms with Crippen LogP contribution in [0.5, 0.6) is 0 Å². The van der Waals surface area contributed by atoms with Crippen molar-refractivity contribution in [2.45, 2.75) is 18.9 Å². The maximum Gasteiger partial charge on any atom is 0.417 e. The van der Waals surface area contributed by atoms with Gasteiger partial charge in [-0.05, 0) is 53.3 Å². The third kappa shape index (κ3) is 9.07. The zero-order valence-electron chi connectivity index (χ0n) is 20.1. The zero-order chi connectivity index (χ0) is 28.8. The SMILES string of the molecule is Cc1csc(NC(=O)c2cccc(CSCCS(=O)(=O)O)c2)c1C(=O)NN=Cc1ccc(Cl)c(C(F)(F)F)c1. The number of alkyl halides is 3. The van der Waals surface area contributed by atoms with Gasteiger partial charge >= 0.3 is 6.18 Å². The maximum atomic E-state index is 13.1. The largest absolute Gasteiger partial charge is 0.417 e. The van der Waals surface area contributed by atoms with Gasteiger partial charge in [0, 0.05) is 17.1 Å². The third-order valence-electron chi connectivity index (χ3n) is 5.05. The van der Waals surface area contributed by atoms with Gasteiger partial charge in [0.05, 0.1) is 28.1 Å². The van der Waals surface area contributed by atoms with E-state index in [1.807, 2.05) is 0 Å². The van der Waals surface area contributed by atoms with Crippen molar-refractivity contribution in [1.29, 1.82) is 0 Å². The number of carbonyl (C=O) groups excluding carboxylic acids is 2. The third-order valence-corrected chi connectivity index (χ3v) is 8.40. The quantitative estimate of drug-likeness (QED) is 0.113. The summed E-state index contributed by atoms with van der Waals surface area (Å²) >= 11 is 8.00. The molecule has 15 heteroatoms. The Morgan fingerprint density at radius 3 is 2.62 bits per heavy atom. The molecule has 3 N–H and O–H groups in total. The van der Waals surface area contributed by atoms with Crippen molar-refractivity contribution in [2.24, 2.45) is 5.10 Å². The van der Waals surface area contributed by atoms with Crippen LogP contribution < -0.4 is 10.7 Å². The first-order chi connectivity index (χ1) is 18.2. The number of rotatable bonds is 10. The van der Waals surface area contributed by atoms with Crippen LogP contribution in [0.3, 0.4) is 0 Å². The van der Waals surface area contributed by atoms with Gasteiger partial charge in [0.25, 0.3) is 21.9 Å². The van der Waals surface area contributed by atoms with E-state index in [9.17, 15) is 31.2 Å². The molecule has 0 saturated heterocycles. The van der Waals surface area contributed by atoms with Gasteiger partial charge < -0.3 is 5.32 Å². The number of nitrogens with one attached hydrogen (secondary N) is 2. The lowest BCUT2D eigenvalue weighted by Crippen LogP contribution is -2.21. The Morgan fingerprint density at radius 2 is 1.92 bits per heavy atom. The summed E-state index contributed by atoms with van der Waals surface area (Å²) in [4.78, 5) is 25.6. The van der Waals surface area contributed by atoms with Gasteiger partial charge in [0.15, 0.2) is 0 Å². The van der Waals surface area contributed by atoms with Crippen molar-refractivity contribution in [1.82, 2.24) is 5.43 Å². The van der Waals surface area contributed by atoms with Crippen LogP contribution in [0.4, 0.5) is 18.2 Å². The molecule has 0 atom stereocenters. The van der Waals surface area contributed by atoms with Crippen LogP contribution in [0, 0.1) is 6.92 Å². The molecule has 0 unspecified atom stereocenters. The van der Waals surface area contributed by atoms with E-state index in [4.69, 9.17) is 16.2 Å². The van der Waals surface area contributed by atoms with E-state index in [1.54, 1.807) is 36.6 Å². The number of hydrogen-bond acceptors (Lipinski definition) is 7. The Labute approximate surface area is 235 Å². The second kappa shape index (κ2) is 13.0. The fraction of sp³-hybridized carbons (Fsp3) is 0.208. The van der Waals surface area contributed by atoms with E-state index in [0.29, 0.717) is 16.9 Å². The molecule has 3 rings (SSSR count). The first-order valence-electron chi connectivity index (χ1n) is 11.0. The highest BCUT2D eigenvalue weighted by Crippen LogP contribution is 2.35. The number of halogens is 4. The normalized spacial score (nSPS) is 12.1. The molecular formula is C24H21ClF3N3O5S3. The number of thiophene rings is 1. The summed E-state index contributed by atoms with van der Waals surface area (Å²) in [5.41, 5.74) is 3.06. The molecule has 0 saturated carbocycles. The van der Waals surface area contributed by atoms with Gasteiger partial charge in [-0.2, -0.15) is 38.5 Å². The van der Waals surface area contributed by atoms with Crippen LogP contribution in [0.15, 0.2) is 52.9 Å². The van der Waals surface area contributed by atoms with Gasteiger partial charge in [0.1, 0.15) is 5.00 Å². The van der Waals surface area contributed by atoms with E-state index in [2.05, 4.69) is 15.8 Å². The van der Waals surface area contributed by atoms with E-state index < -0.39 is 38.7 Å². The Kier molecular flexibility index (Phi) is 10.2. The highest BCUT2D eigenvalue weighted by atomic mass is 35.5. The molecule has 1 aromatic heterocycles. The van der Waals surface area contributed by atoms with Crippen LogP contribution in [-0.2, 0) is 22.0 Å². The fourth-order valence-corrected chi connectivity index (χ4v) is 6.25. The molecule has 1 heterocycles. The van der Waals surface area contributed by atoms with E-state index in [0.717, 1.165) is 35.2 Å². The molecular weight excluding hydrogens is 599 g/mol. The van der Waals surface area contributed by atoms with Gasteiger partial charge in [-0.25, -0.2) is 5.43 Å². The summed E-state index contributed by atoms with van der Waals surface area (Å²) in [7, 11) is -4.04. The molecule has 0 fully saturated rings. The van der Waals surface area contributed by atoms with Gasteiger partial charge in [0.2, 0.25) is 0 Å². The number of aryl methyl sites for hydroxylation is 1. The number of nitrogens with zero attached hydrogens (tertiary/aromatic N) is 1. The minimum atomic E-state index is -4.65. The number of thioether (sulfide) groups is 1. The summed E-state index contributed by atoms with van der Waals surface area (Å²) in [6.07, 6.45) is -3.60. The Hall–Kier alpha value is -2.91. The van der Waals surface area contributed by atoms with Crippen LogP contribution in [0.1, 0.15) is 43.0 Å². The monoisotopic (exact) mass is 619 g/mol. The number of hydrazone groups is 1. The number of carbonyl (C=O) groups is 2. The Bertz CT molecular complexity index is 1510. The summed E-state index contributed by atoms with van der Waals surface area (Å²) < 4.78 is 69.6. The molecule has 2 amide bonds. The zero-order valence-corrected chi connectivity index (χ0v) is 23.3. The van der Waals surface area contributed by atoms with Crippen LogP contribution in [0.2, 0.25) is 5.02 Å². The minimum Gasteiger partial charge on any atom is -0.313 e. The average Bonchev–Trinajstić information content (AvgIpc) is 3.21. The predicted octanol–water partition coefficient (Wildman–Crippen LogP) is 5.87. The lowest BCUT2D eigenvalue weighted by Gasteiger charge is -2.09. The predicted molar refractivity (Wildman–Crippen MR) is 148 cm³/mol. The molecule has 3 aromatic rings. The van der Waals surface area contributed by atoms with Crippen molar-refractivity contribution in [3.63, 3.8) is 0 Å². The second-order valence-electron chi connectivity index (χ2n) is 8.05. The van der Waals surface area contributed by atoms with Crippen molar-refractivity contribution in [3.8, 4) is 0 Å². The van der Waals surface area contributed by atoms with Gasteiger partial charge in [-0.15, -0.1) is 11.3 Å². The number of anilines is 1. The lowest BCUT2D eigenvalue weighted by molar-refractivity contribution is -0.137. The molecule has 0 spiro atoms. The van der Waals surface area contributed by atoms with E-state index in [-0.39, 0.29) is 27.6 Å². The maximum absolute atomic E-state index is 13.1.